The average Bonchev–Trinajstić information content (AvgIpc) is 2.84. The van der Waals surface area contributed by atoms with Gasteiger partial charge in [0.1, 0.15) is 17.8 Å². The van der Waals surface area contributed by atoms with E-state index >= 15 is 0 Å². The number of rotatable bonds is 4. The maximum Gasteiger partial charge on any atom is 0.407 e. The Balaban J connectivity index is 1.85. The minimum atomic E-state index is -0.496. The molecule has 1 aromatic heterocycles. The predicted octanol–water partition coefficient (Wildman–Crippen LogP) is -0.0543. The maximum atomic E-state index is 11.7. The first kappa shape index (κ1) is 15.7. The lowest BCUT2D eigenvalue weighted by molar-refractivity contribution is 0.0501. The van der Waals surface area contributed by atoms with Crippen LogP contribution in [0.25, 0.3) is 0 Å². The van der Waals surface area contributed by atoms with Crippen molar-refractivity contribution in [1.82, 2.24) is 25.0 Å². The second kappa shape index (κ2) is 6.40. The molecule has 1 atom stereocenters. The summed E-state index contributed by atoms with van der Waals surface area (Å²) in [7, 11) is 0. The highest BCUT2D eigenvalue weighted by molar-refractivity contribution is 5.67. The Hall–Kier alpha value is -1.67. The van der Waals surface area contributed by atoms with Gasteiger partial charge < -0.3 is 20.4 Å². The molecule has 2 rings (SSSR count). The van der Waals surface area contributed by atoms with E-state index in [4.69, 9.17) is 10.5 Å². The van der Waals surface area contributed by atoms with Crippen LogP contribution in [0.1, 0.15) is 26.6 Å². The molecule has 0 spiro atoms. The minimum absolute atomic E-state index is 0.0583. The van der Waals surface area contributed by atoms with E-state index < -0.39 is 11.7 Å². The number of carbonyl (C=O) groups excluding carboxylic acids is 1. The number of hydrogen-bond acceptors (Lipinski definition) is 6. The number of aromatic nitrogens is 3. The normalized spacial score (nSPS) is 17.1. The van der Waals surface area contributed by atoms with Crippen LogP contribution in [0.3, 0.4) is 0 Å². The van der Waals surface area contributed by atoms with Crippen LogP contribution in [-0.2, 0) is 17.8 Å². The summed E-state index contributed by atoms with van der Waals surface area (Å²) >= 11 is 0. The van der Waals surface area contributed by atoms with Crippen molar-refractivity contribution in [3.63, 3.8) is 0 Å². The van der Waals surface area contributed by atoms with Gasteiger partial charge in [-0.3, -0.25) is 4.90 Å². The van der Waals surface area contributed by atoms with Gasteiger partial charge in [0.25, 0.3) is 0 Å². The summed E-state index contributed by atoms with van der Waals surface area (Å²) in [5.74, 6) is 0.928. The van der Waals surface area contributed by atoms with Crippen molar-refractivity contribution in [2.45, 2.75) is 45.5 Å². The van der Waals surface area contributed by atoms with Crippen LogP contribution in [0.5, 0.6) is 0 Å². The van der Waals surface area contributed by atoms with Gasteiger partial charge >= 0.3 is 6.09 Å². The molecule has 1 aromatic rings. The van der Waals surface area contributed by atoms with Gasteiger partial charge in [0.15, 0.2) is 0 Å². The molecule has 1 amide bonds. The molecule has 0 aromatic carbocycles. The van der Waals surface area contributed by atoms with E-state index in [2.05, 4.69) is 20.4 Å². The van der Waals surface area contributed by atoms with Crippen LogP contribution in [0.4, 0.5) is 4.79 Å². The van der Waals surface area contributed by atoms with E-state index in [1.807, 2.05) is 25.3 Å². The van der Waals surface area contributed by atoms with Crippen LogP contribution in [-0.4, -0.2) is 57.0 Å². The summed E-state index contributed by atoms with van der Waals surface area (Å²) in [4.78, 5) is 13.9. The van der Waals surface area contributed by atoms with Crippen molar-refractivity contribution in [2.24, 2.45) is 5.73 Å². The molecule has 8 heteroatoms. The topological polar surface area (TPSA) is 98.3 Å². The number of nitrogens with zero attached hydrogens (tertiary/aromatic N) is 4. The summed E-state index contributed by atoms with van der Waals surface area (Å²) in [6, 6.07) is 0.0583. The summed E-state index contributed by atoms with van der Waals surface area (Å²) in [6.07, 6.45) is 1.32. The summed E-state index contributed by atoms with van der Waals surface area (Å²) in [5.41, 5.74) is 5.34. The number of amides is 1. The molecule has 0 bridgehead atoms. The van der Waals surface area contributed by atoms with E-state index in [-0.39, 0.29) is 6.04 Å². The molecule has 1 aliphatic heterocycles. The van der Waals surface area contributed by atoms with Crippen molar-refractivity contribution in [3.05, 3.63) is 12.2 Å². The van der Waals surface area contributed by atoms with Crippen molar-refractivity contribution in [2.75, 3.05) is 19.6 Å². The lowest BCUT2D eigenvalue weighted by atomic mass is 10.2. The molecule has 1 unspecified atom stereocenters. The van der Waals surface area contributed by atoms with Crippen molar-refractivity contribution >= 4 is 6.09 Å². The molecule has 0 saturated carbocycles. The molecule has 0 aliphatic carbocycles. The van der Waals surface area contributed by atoms with Gasteiger partial charge in [0.2, 0.25) is 0 Å². The van der Waals surface area contributed by atoms with Gasteiger partial charge in [-0.25, -0.2) is 4.79 Å². The maximum absolute atomic E-state index is 11.7. The standard InChI is InChI=1S/C13H24N6O2/c1-13(2,3)21-12(20)15-7-10(6-14)18-4-5-19-9-16-17-11(19)8-18/h9-10H,4-8,14H2,1-3H3,(H,15,20). The van der Waals surface area contributed by atoms with Gasteiger partial charge in [-0.2, -0.15) is 0 Å². The molecule has 21 heavy (non-hydrogen) atoms. The second-order valence-electron chi connectivity index (χ2n) is 6.18. The van der Waals surface area contributed by atoms with Gasteiger partial charge in [-0.15, -0.1) is 10.2 Å². The fraction of sp³-hybridized carbons (Fsp3) is 0.769. The van der Waals surface area contributed by atoms with Crippen molar-refractivity contribution in [3.8, 4) is 0 Å². The number of nitrogens with two attached hydrogens (primary N) is 1. The van der Waals surface area contributed by atoms with Gasteiger partial charge in [-0.05, 0) is 20.8 Å². The molecular formula is C13H24N6O2. The highest BCUT2D eigenvalue weighted by atomic mass is 16.6. The quantitative estimate of drug-likeness (QED) is 0.808. The molecule has 1 aliphatic rings. The predicted molar refractivity (Wildman–Crippen MR) is 77.5 cm³/mol. The molecule has 0 fully saturated rings. The Morgan fingerprint density at radius 3 is 2.95 bits per heavy atom. The Morgan fingerprint density at radius 2 is 2.29 bits per heavy atom. The molecule has 118 valence electrons. The summed E-state index contributed by atoms with van der Waals surface area (Å²) in [5, 5.41) is 10.8. The van der Waals surface area contributed by atoms with E-state index in [0.717, 1.165) is 18.9 Å². The lowest BCUT2D eigenvalue weighted by Gasteiger charge is -2.33. The van der Waals surface area contributed by atoms with Crippen LogP contribution >= 0.6 is 0 Å². The zero-order valence-corrected chi connectivity index (χ0v) is 12.9. The zero-order chi connectivity index (χ0) is 15.5. The first-order valence-corrected chi connectivity index (χ1v) is 7.16. The number of hydrogen-bond donors (Lipinski definition) is 2. The van der Waals surface area contributed by atoms with E-state index in [1.54, 1.807) is 6.33 Å². The van der Waals surface area contributed by atoms with Gasteiger partial charge in [-0.1, -0.05) is 0 Å². The van der Waals surface area contributed by atoms with E-state index in [9.17, 15) is 4.79 Å². The smallest absolute Gasteiger partial charge is 0.407 e. The van der Waals surface area contributed by atoms with Crippen LogP contribution in [0, 0.1) is 0 Å². The number of ether oxygens (including phenoxy) is 1. The van der Waals surface area contributed by atoms with Crippen LogP contribution in [0.15, 0.2) is 6.33 Å². The third-order valence-electron chi connectivity index (χ3n) is 3.34. The second-order valence-corrected chi connectivity index (χ2v) is 6.18. The first-order chi connectivity index (χ1) is 9.89. The molecule has 3 N–H and O–H groups in total. The number of carbonyl (C=O) groups is 1. The third-order valence-corrected chi connectivity index (χ3v) is 3.34. The molecule has 2 heterocycles. The van der Waals surface area contributed by atoms with Crippen molar-refractivity contribution < 1.29 is 9.53 Å². The monoisotopic (exact) mass is 296 g/mol. The Bertz CT molecular complexity index is 481. The number of alkyl carbamates (subject to hydrolysis) is 1. The van der Waals surface area contributed by atoms with Crippen LogP contribution < -0.4 is 11.1 Å². The SMILES string of the molecule is CC(C)(C)OC(=O)NCC(CN)N1CCn2cnnc2C1. The Labute approximate surface area is 124 Å². The highest BCUT2D eigenvalue weighted by Crippen LogP contribution is 2.12. The fourth-order valence-corrected chi connectivity index (χ4v) is 2.27. The third kappa shape index (κ3) is 4.40. The molecule has 0 radical (unpaired) electrons. The number of nitrogens with one attached hydrogen (secondary N) is 1. The average molecular weight is 296 g/mol. The van der Waals surface area contributed by atoms with Crippen LogP contribution in [0.2, 0.25) is 0 Å². The van der Waals surface area contributed by atoms with E-state index in [1.165, 1.54) is 0 Å². The first-order valence-electron chi connectivity index (χ1n) is 7.16. The zero-order valence-electron chi connectivity index (χ0n) is 12.9. The Kier molecular flexibility index (Phi) is 4.79. The molecular weight excluding hydrogens is 272 g/mol. The number of fused-ring (bicyclic) bond motifs is 1. The summed E-state index contributed by atoms with van der Waals surface area (Å²) in [6.45, 7) is 8.83. The Morgan fingerprint density at radius 1 is 1.52 bits per heavy atom. The lowest BCUT2D eigenvalue weighted by Crippen LogP contribution is -2.51. The van der Waals surface area contributed by atoms with Gasteiger partial charge in [0.05, 0.1) is 6.54 Å². The van der Waals surface area contributed by atoms with Gasteiger partial charge in [0, 0.05) is 32.2 Å². The minimum Gasteiger partial charge on any atom is -0.444 e. The van der Waals surface area contributed by atoms with E-state index in [0.29, 0.717) is 19.6 Å². The highest BCUT2D eigenvalue weighted by Gasteiger charge is 2.25. The molecule has 0 saturated heterocycles. The summed E-state index contributed by atoms with van der Waals surface area (Å²) < 4.78 is 7.26. The fourth-order valence-electron chi connectivity index (χ4n) is 2.27. The molecule has 8 nitrogen and oxygen atoms in total. The largest absolute Gasteiger partial charge is 0.444 e. The van der Waals surface area contributed by atoms with Crippen molar-refractivity contribution in [1.29, 1.82) is 0 Å².